The molecule has 6 aromatic rings. The number of rotatable bonds is 4. The van der Waals surface area contributed by atoms with Crippen LogP contribution in [0.4, 0.5) is 0 Å². The Labute approximate surface area is 330 Å². The zero-order valence-electron chi connectivity index (χ0n) is 30.5. The highest BCUT2D eigenvalue weighted by molar-refractivity contribution is 8.03. The summed E-state index contributed by atoms with van der Waals surface area (Å²) in [5, 5.41) is 10.1. The molecule has 4 aliphatic carbocycles. The van der Waals surface area contributed by atoms with Gasteiger partial charge in [0.1, 0.15) is 0 Å². The van der Waals surface area contributed by atoms with Crippen LogP contribution in [0.15, 0.2) is 106 Å². The summed E-state index contributed by atoms with van der Waals surface area (Å²) >= 11 is 8.66. The molecule has 4 heterocycles. The van der Waals surface area contributed by atoms with Crippen molar-refractivity contribution in [1.82, 2.24) is 0 Å². The quantitative estimate of drug-likeness (QED) is 0.163. The maximum Gasteiger partial charge on any atom is 0.196 e. The maximum atomic E-state index is 2.75. The second-order valence-corrected chi connectivity index (χ2v) is 25.2. The first-order chi connectivity index (χ1) is 25.8. The minimum Gasteiger partial charge on any atom is -0.143 e. The van der Waals surface area contributed by atoms with Crippen molar-refractivity contribution in [2.75, 3.05) is 0 Å². The molecule has 4 aromatic carbocycles. The Hall–Kier alpha value is -3.32. The van der Waals surface area contributed by atoms with Crippen molar-refractivity contribution in [2.24, 2.45) is 11.8 Å². The van der Waals surface area contributed by atoms with Crippen LogP contribution in [-0.4, -0.2) is 8.07 Å². The molecule has 4 atom stereocenters. The van der Waals surface area contributed by atoms with Gasteiger partial charge < -0.3 is 0 Å². The van der Waals surface area contributed by atoms with Crippen LogP contribution in [0.5, 0.6) is 0 Å². The third kappa shape index (κ3) is 4.43. The highest BCUT2D eigenvalue weighted by Gasteiger charge is 2.59. The smallest absolute Gasteiger partial charge is 0.143 e. The predicted molar refractivity (Wildman–Crippen MR) is 233 cm³/mol. The van der Waals surface area contributed by atoms with Gasteiger partial charge in [-0.2, -0.15) is 0 Å². The Bertz CT molecular complexity index is 2480. The van der Waals surface area contributed by atoms with E-state index in [1.807, 2.05) is 0 Å². The van der Waals surface area contributed by atoms with Crippen LogP contribution >= 0.6 is 46.2 Å². The molecule has 53 heavy (non-hydrogen) atoms. The van der Waals surface area contributed by atoms with Gasteiger partial charge in [-0.3, -0.25) is 0 Å². The number of benzene rings is 4. The predicted octanol–water partition coefficient (Wildman–Crippen LogP) is 11.9. The van der Waals surface area contributed by atoms with Crippen molar-refractivity contribution >= 4 is 63.3 Å². The van der Waals surface area contributed by atoms with E-state index in [9.17, 15) is 0 Å². The van der Waals surface area contributed by atoms with Gasteiger partial charge in [0, 0.05) is 29.3 Å². The third-order valence-electron chi connectivity index (χ3n) is 13.3. The van der Waals surface area contributed by atoms with Gasteiger partial charge in [0.15, 0.2) is 8.07 Å². The fourth-order valence-corrected chi connectivity index (χ4v) is 25.8. The molecule has 0 saturated heterocycles. The lowest BCUT2D eigenvalue weighted by atomic mass is 10.1. The Kier molecular flexibility index (Phi) is 6.85. The second-order valence-electron chi connectivity index (χ2n) is 16.6. The average Bonchev–Trinajstić information content (AvgIpc) is 3.98. The van der Waals surface area contributed by atoms with Gasteiger partial charge in [0.25, 0.3) is 0 Å². The SMILES string of the molecule is Cc1ccc2c(c1)Cc1cc([Si](C3=CSC4c5ccc(C)cc5CC34)(C3=CSC4c5ccc(C)cc5CC34)c3cc4c(s3)-c3ccc(C)cc3C4)sc1-2. The molecule has 2 aromatic heterocycles. The van der Waals surface area contributed by atoms with E-state index in [0.717, 1.165) is 12.8 Å². The summed E-state index contributed by atoms with van der Waals surface area (Å²) in [5.74, 6) is 1.08. The third-order valence-corrected chi connectivity index (χ3v) is 25.3. The van der Waals surface area contributed by atoms with E-state index in [-0.39, 0.29) is 0 Å². The number of thiophene rings is 2. The second kappa shape index (κ2) is 11.4. The summed E-state index contributed by atoms with van der Waals surface area (Å²) < 4.78 is 3.38. The lowest BCUT2D eigenvalue weighted by Crippen LogP contribution is -2.62. The molecular formula is C48H40S4Si. The van der Waals surface area contributed by atoms with Gasteiger partial charge in [0.2, 0.25) is 0 Å². The lowest BCUT2D eigenvalue weighted by molar-refractivity contribution is 0.668. The van der Waals surface area contributed by atoms with Crippen molar-refractivity contribution in [3.63, 3.8) is 0 Å². The molecule has 0 fully saturated rings. The largest absolute Gasteiger partial charge is 0.196 e. The first-order valence-electron chi connectivity index (χ1n) is 19.2. The summed E-state index contributed by atoms with van der Waals surface area (Å²) in [7, 11) is -2.69. The Morgan fingerprint density at radius 3 is 1.34 bits per heavy atom. The summed E-state index contributed by atoms with van der Waals surface area (Å²) in [5.41, 5.74) is 21.0. The van der Waals surface area contributed by atoms with Crippen LogP contribution < -0.4 is 9.00 Å². The molecule has 0 N–H and O–H groups in total. The van der Waals surface area contributed by atoms with Gasteiger partial charge in [-0.1, -0.05) is 105 Å². The van der Waals surface area contributed by atoms with Gasteiger partial charge in [-0.15, -0.1) is 46.2 Å². The lowest BCUT2D eigenvalue weighted by Gasteiger charge is -2.38. The molecule has 0 bridgehead atoms. The summed E-state index contributed by atoms with van der Waals surface area (Å²) in [6, 6.07) is 34.5. The van der Waals surface area contributed by atoms with E-state index in [1.165, 1.54) is 67.1 Å². The number of hydrogen-bond donors (Lipinski definition) is 0. The number of hydrogen-bond acceptors (Lipinski definition) is 4. The van der Waals surface area contributed by atoms with Crippen LogP contribution in [0.3, 0.4) is 0 Å². The molecule has 4 unspecified atom stereocenters. The van der Waals surface area contributed by atoms with Crippen LogP contribution in [-0.2, 0) is 25.7 Å². The number of fused-ring (bicyclic) bond motifs is 12. The van der Waals surface area contributed by atoms with Crippen molar-refractivity contribution in [2.45, 2.75) is 63.9 Å². The van der Waals surface area contributed by atoms with E-state index in [0.29, 0.717) is 22.3 Å². The highest BCUT2D eigenvalue weighted by Crippen LogP contribution is 2.62. The minimum absolute atomic E-state index is 0.521. The molecule has 260 valence electrons. The maximum absolute atomic E-state index is 2.75. The molecule has 6 aliphatic rings. The van der Waals surface area contributed by atoms with Gasteiger partial charge in [-0.05, 0) is 144 Å². The fourth-order valence-electron chi connectivity index (χ4n) is 11.0. The van der Waals surface area contributed by atoms with Gasteiger partial charge in [-0.25, -0.2) is 0 Å². The molecule has 2 aliphatic heterocycles. The van der Waals surface area contributed by atoms with Crippen molar-refractivity contribution in [1.29, 1.82) is 0 Å². The van der Waals surface area contributed by atoms with Crippen LogP contribution in [0.1, 0.15) is 77.3 Å². The highest BCUT2D eigenvalue weighted by atomic mass is 32.2. The first kappa shape index (κ1) is 32.0. The van der Waals surface area contributed by atoms with Crippen LogP contribution in [0.2, 0.25) is 0 Å². The summed E-state index contributed by atoms with van der Waals surface area (Å²) in [6.45, 7) is 9.04. The number of thioether (sulfide) groups is 2. The number of aryl methyl sites for hydroxylation is 4. The van der Waals surface area contributed by atoms with Crippen molar-refractivity contribution in [3.8, 4) is 20.9 Å². The van der Waals surface area contributed by atoms with E-state index in [4.69, 9.17) is 0 Å². The first-order valence-corrected chi connectivity index (χ1v) is 24.7. The normalized spacial score (nSPS) is 22.5. The zero-order valence-corrected chi connectivity index (χ0v) is 34.8. The Morgan fingerprint density at radius 2 is 0.887 bits per heavy atom. The monoisotopic (exact) mass is 772 g/mol. The van der Waals surface area contributed by atoms with Crippen molar-refractivity contribution in [3.05, 3.63) is 173 Å². The molecule has 0 amide bonds. The topological polar surface area (TPSA) is 0 Å². The van der Waals surface area contributed by atoms with E-state index >= 15 is 0 Å². The standard InChI is InChI=1S/C48H40S4Si/c1-25-5-9-35-29(13-25)17-33-21-43(51-45(33)35)53(41-23-49-47-37-11-7-27(3)15-31(37)19-39(41)47,42-24-50-48-38-12-8-28(4)16-32(38)20-40(42)48)44-22-34-18-30-14-26(2)6-10-36(30)46(34)52-44/h5-16,21-24,39-40,47-48H,17-20H2,1-4H3. The fraction of sp³-hybridized carbons (Fsp3) is 0.250. The summed E-state index contributed by atoms with van der Waals surface area (Å²) in [4.78, 5) is 3.08. The van der Waals surface area contributed by atoms with E-state index in [2.05, 4.69) is 170 Å². The molecule has 5 heteroatoms. The van der Waals surface area contributed by atoms with Gasteiger partial charge >= 0.3 is 0 Å². The minimum atomic E-state index is -2.69. The molecular weight excluding hydrogens is 733 g/mol. The number of allylic oxidation sites excluding steroid dienone is 2. The molecule has 0 nitrogen and oxygen atoms in total. The molecule has 0 radical (unpaired) electrons. The summed E-state index contributed by atoms with van der Waals surface area (Å²) in [6.07, 6.45) is 4.47. The van der Waals surface area contributed by atoms with Crippen molar-refractivity contribution < 1.29 is 0 Å². The van der Waals surface area contributed by atoms with Crippen LogP contribution in [0, 0.1) is 39.5 Å². The molecule has 0 saturated carbocycles. The molecule has 0 spiro atoms. The van der Waals surface area contributed by atoms with E-state index < -0.39 is 8.07 Å². The molecule has 12 rings (SSSR count). The zero-order chi connectivity index (χ0) is 35.3. The Balaban J connectivity index is 1.11. The van der Waals surface area contributed by atoms with E-state index in [1.54, 1.807) is 52.8 Å². The average molecular weight is 773 g/mol. The van der Waals surface area contributed by atoms with Gasteiger partial charge in [0.05, 0.1) is 0 Å². The Morgan fingerprint density at radius 1 is 0.472 bits per heavy atom. The van der Waals surface area contributed by atoms with Crippen LogP contribution in [0.25, 0.3) is 20.9 Å².